The zero-order chi connectivity index (χ0) is 27.0. The molecule has 1 atom stereocenters. The van der Waals surface area contributed by atoms with Crippen LogP contribution in [0.2, 0.25) is 0 Å². The molecule has 0 unspecified atom stereocenters. The number of hydrogen-bond donors (Lipinski definition) is 0. The zero-order valence-electron chi connectivity index (χ0n) is 23.0. The third-order valence-corrected chi connectivity index (χ3v) is 6.80. The Balaban J connectivity index is 1.42. The number of carbonyl (C=O) groups is 1. The van der Waals surface area contributed by atoms with Gasteiger partial charge in [0.2, 0.25) is 0 Å². The van der Waals surface area contributed by atoms with E-state index in [1.165, 1.54) is 44.1 Å². The van der Waals surface area contributed by atoms with Crippen molar-refractivity contribution in [3.05, 3.63) is 84.7 Å². The molecule has 5 nitrogen and oxygen atoms in total. The lowest BCUT2D eigenvalue weighted by Gasteiger charge is -2.08. The van der Waals surface area contributed by atoms with Crippen LogP contribution in [0.5, 0.6) is 11.5 Å². The summed E-state index contributed by atoms with van der Waals surface area (Å²) in [5.74, 6) is 2.30. The Kier molecular flexibility index (Phi) is 12.5. The van der Waals surface area contributed by atoms with Crippen LogP contribution in [0, 0.1) is 5.92 Å². The number of aromatic nitrogens is 2. The first-order chi connectivity index (χ1) is 18.6. The molecule has 2 aromatic carbocycles. The molecule has 0 aliphatic rings. The van der Waals surface area contributed by atoms with Gasteiger partial charge in [-0.25, -0.2) is 14.8 Å². The van der Waals surface area contributed by atoms with Crippen LogP contribution >= 0.6 is 0 Å². The molecule has 1 heterocycles. The predicted molar refractivity (Wildman–Crippen MR) is 155 cm³/mol. The number of allylic oxidation sites excluding steroid dienone is 1. The van der Waals surface area contributed by atoms with Crippen LogP contribution in [-0.2, 0) is 6.42 Å². The Labute approximate surface area is 228 Å². The highest BCUT2D eigenvalue weighted by Crippen LogP contribution is 2.21. The summed E-state index contributed by atoms with van der Waals surface area (Å²) in [5.41, 5.74) is 2.53. The fourth-order valence-electron chi connectivity index (χ4n) is 4.12. The molecule has 0 saturated carbocycles. The summed E-state index contributed by atoms with van der Waals surface area (Å²) >= 11 is 0. The van der Waals surface area contributed by atoms with Gasteiger partial charge in [-0.1, -0.05) is 52.0 Å². The summed E-state index contributed by atoms with van der Waals surface area (Å²) in [7, 11) is 0. The van der Waals surface area contributed by atoms with Gasteiger partial charge >= 0.3 is 5.97 Å². The minimum Gasteiger partial charge on any atom is -0.494 e. The van der Waals surface area contributed by atoms with Crippen molar-refractivity contribution in [2.75, 3.05) is 6.61 Å². The average Bonchev–Trinajstić information content (AvgIpc) is 2.96. The standard InChI is InChI=1S/C33H42N2O3/c1-4-6-7-8-9-12-23-37-30-19-17-29(18-20-30)33(36)38-31-21-15-28(16-22-31)32-34-24-27(25-35-32)14-11-10-13-26(3)5-2/h4,15-22,24-26H,1,5-14,23H2,2-3H3/t26-/m0/s1. The molecule has 0 amide bonds. The minimum absolute atomic E-state index is 0.402. The minimum atomic E-state index is -0.402. The number of ether oxygens (including phenoxy) is 2. The molecular formula is C33H42N2O3. The number of rotatable bonds is 17. The highest BCUT2D eigenvalue weighted by Gasteiger charge is 2.10. The van der Waals surface area contributed by atoms with Crippen molar-refractivity contribution in [3.63, 3.8) is 0 Å². The molecule has 0 saturated heterocycles. The van der Waals surface area contributed by atoms with E-state index < -0.39 is 5.97 Å². The lowest BCUT2D eigenvalue weighted by molar-refractivity contribution is 0.0734. The van der Waals surface area contributed by atoms with E-state index in [-0.39, 0.29) is 0 Å². The number of esters is 1. The zero-order valence-corrected chi connectivity index (χ0v) is 23.0. The van der Waals surface area contributed by atoms with Crippen LogP contribution < -0.4 is 9.47 Å². The fraction of sp³-hybridized carbons (Fsp3) is 0.424. The molecule has 0 fully saturated rings. The number of hydrogen-bond acceptors (Lipinski definition) is 5. The van der Waals surface area contributed by atoms with Crippen LogP contribution in [0.1, 0.15) is 87.6 Å². The highest BCUT2D eigenvalue weighted by molar-refractivity contribution is 5.91. The van der Waals surface area contributed by atoms with Gasteiger partial charge in [0.15, 0.2) is 5.82 Å². The molecule has 0 aliphatic carbocycles. The average molecular weight is 515 g/mol. The first-order valence-electron chi connectivity index (χ1n) is 14.1. The predicted octanol–water partition coefficient (Wildman–Crippen LogP) is 8.64. The SMILES string of the molecule is C=CCCCCCCOc1ccc(C(=O)Oc2ccc(-c3ncc(CCCC[C@@H](C)CC)cn3)cc2)cc1. The Morgan fingerprint density at radius 2 is 1.58 bits per heavy atom. The Morgan fingerprint density at radius 1 is 0.895 bits per heavy atom. The second-order valence-electron chi connectivity index (χ2n) is 9.95. The summed E-state index contributed by atoms with van der Waals surface area (Å²) in [6, 6.07) is 14.4. The number of nitrogens with zero attached hydrogens (tertiary/aromatic N) is 2. The summed E-state index contributed by atoms with van der Waals surface area (Å²) in [4.78, 5) is 21.6. The lowest BCUT2D eigenvalue weighted by Crippen LogP contribution is -2.08. The molecule has 3 aromatic rings. The third-order valence-electron chi connectivity index (χ3n) is 6.80. The number of benzene rings is 2. The fourth-order valence-corrected chi connectivity index (χ4v) is 4.12. The monoisotopic (exact) mass is 514 g/mol. The van der Waals surface area contributed by atoms with Crippen molar-refractivity contribution >= 4 is 5.97 Å². The van der Waals surface area contributed by atoms with E-state index in [4.69, 9.17) is 9.47 Å². The van der Waals surface area contributed by atoms with Crippen molar-refractivity contribution in [1.29, 1.82) is 0 Å². The molecule has 0 bridgehead atoms. The van der Waals surface area contributed by atoms with E-state index in [0.717, 1.165) is 42.9 Å². The van der Waals surface area contributed by atoms with Crippen molar-refractivity contribution in [1.82, 2.24) is 9.97 Å². The Morgan fingerprint density at radius 3 is 2.26 bits per heavy atom. The van der Waals surface area contributed by atoms with Gasteiger partial charge in [-0.15, -0.1) is 6.58 Å². The van der Waals surface area contributed by atoms with Crippen LogP contribution in [-0.4, -0.2) is 22.5 Å². The van der Waals surface area contributed by atoms with Crippen molar-refractivity contribution < 1.29 is 14.3 Å². The third kappa shape index (κ3) is 10.1. The highest BCUT2D eigenvalue weighted by atomic mass is 16.5. The van der Waals surface area contributed by atoms with Gasteiger partial charge < -0.3 is 9.47 Å². The molecule has 0 N–H and O–H groups in total. The van der Waals surface area contributed by atoms with Gasteiger partial charge in [-0.3, -0.25) is 0 Å². The summed E-state index contributed by atoms with van der Waals surface area (Å²) < 4.78 is 11.3. The molecule has 38 heavy (non-hydrogen) atoms. The summed E-state index contributed by atoms with van der Waals surface area (Å²) in [6.07, 6.45) is 17.3. The molecular weight excluding hydrogens is 472 g/mol. The molecule has 0 aliphatic heterocycles. The van der Waals surface area contributed by atoms with Crippen LogP contribution in [0.4, 0.5) is 0 Å². The van der Waals surface area contributed by atoms with Gasteiger partial charge in [0.05, 0.1) is 12.2 Å². The topological polar surface area (TPSA) is 61.3 Å². The normalized spacial score (nSPS) is 11.6. The molecule has 202 valence electrons. The van der Waals surface area contributed by atoms with E-state index in [1.54, 1.807) is 24.3 Å². The molecule has 0 radical (unpaired) electrons. The largest absolute Gasteiger partial charge is 0.494 e. The second kappa shape index (κ2) is 16.4. The van der Waals surface area contributed by atoms with E-state index in [0.29, 0.717) is 23.7 Å². The van der Waals surface area contributed by atoms with Gasteiger partial charge in [-0.2, -0.15) is 0 Å². The van der Waals surface area contributed by atoms with Gasteiger partial charge in [0.1, 0.15) is 11.5 Å². The van der Waals surface area contributed by atoms with Gasteiger partial charge in [-0.05, 0) is 92.1 Å². The van der Waals surface area contributed by atoms with E-state index in [1.807, 2.05) is 42.7 Å². The molecule has 3 rings (SSSR count). The number of unbranched alkanes of at least 4 members (excludes halogenated alkanes) is 5. The first-order valence-corrected chi connectivity index (χ1v) is 14.1. The number of aryl methyl sites for hydroxylation is 1. The Bertz CT molecular complexity index is 1090. The Hall–Kier alpha value is -3.47. The second-order valence-corrected chi connectivity index (χ2v) is 9.95. The van der Waals surface area contributed by atoms with Crippen molar-refractivity contribution in [2.24, 2.45) is 5.92 Å². The molecule has 1 aromatic heterocycles. The molecule has 0 spiro atoms. The number of carbonyl (C=O) groups excluding carboxylic acids is 1. The maximum Gasteiger partial charge on any atom is 0.343 e. The summed E-state index contributed by atoms with van der Waals surface area (Å²) in [6.45, 7) is 8.98. The van der Waals surface area contributed by atoms with Crippen molar-refractivity contribution in [2.45, 2.75) is 78.1 Å². The smallest absolute Gasteiger partial charge is 0.343 e. The maximum atomic E-state index is 12.6. The van der Waals surface area contributed by atoms with E-state index in [9.17, 15) is 4.79 Å². The quantitative estimate of drug-likeness (QED) is 0.0781. The van der Waals surface area contributed by atoms with Crippen LogP contribution in [0.15, 0.2) is 73.6 Å². The van der Waals surface area contributed by atoms with Crippen LogP contribution in [0.25, 0.3) is 11.4 Å². The lowest BCUT2D eigenvalue weighted by atomic mass is 10.00. The summed E-state index contributed by atoms with van der Waals surface area (Å²) in [5, 5.41) is 0. The van der Waals surface area contributed by atoms with E-state index >= 15 is 0 Å². The maximum absolute atomic E-state index is 12.6. The van der Waals surface area contributed by atoms with E-state index in [2.05, 4.69) is 30.4 Å². The van der Waals surface area contributed by atoms with Gasteiger partial charge in [0.25, 0.3) is 0 Å². The first kappa shape index (κ1) is 29.1. The van der Waals surface area contributed by atoms with Crippen molar-refractivity contribution in [3.8, 4) is 22.9 Å². The van der Waals surface area contributed by atoms with Crippen LogP contribution in [0.3, 0.4) is 0 Å². The van der Waals surface area contributed by atoms with Gasteiger partial charge in [0, 0.05) is 18.0 Å². The molecule has 5 heteroatoms.